The molecular formula is C15H16N6O. The number of nitriles is 1. The first-order valence-electron chi connectivity index (χ1n) is 7.49. The van der Waals surface area contributed by atoms with Gasteiger partial charge in [-0.3, -0.25) is 9.48 Å². The number of rotatable bonds is 4. The summed E-state index contributed by atoms with van der Waals surface area (Å²) in [5.74, 6) is 1.18. The molecule has 0 atom stereocenters. The van der Waals surface area contributed by atoms with Gasteiger partial charge in [0.2, 0.25) is 0 Å². The average molecular weight is 296 g/mol. The average Bonchev–Trinajstić information content (AvgIpc) is 3.17. The topological polar surface area (TPSA) is 79.7 Å². The highest BCUT2D eigenvalue weighted by Crippen LogP contribution is 2.30. The van der Waals surface area contributed by atoms with Gasteiger partial charge in [0.05, 0.1) is 17.8 Å². The summed E-state index contributed by atoms with van der Waals surface area (Å²) in [6.45, 7) is 2.20. The normalized spacial score (nSPS) is 18.0. The van der Waals surface area contributed by atoms with E-state index in [0.717, 1.165) is 6.54 Å². The molecule has 4 rings (SSSR count). The van der Waals surface area contributed by atoms with Crippen LogP contribution in [0.25, 0.3) is 0 Å². The van der Waals surface area contributed by atoms with Gasteiger partial charge in [0.1, 0.15) is 6.07 Å². The van der Waals surface area contributed by atoms with E-state index in [1.54, 1.807) is 34.0 Å². The van der Waals surface area contributed by atoms with Gasteiger partial charge in [-0.1, -0.05) is 0 Å². The molecule has 0 unspecified atom stereocenters. The van der Waals surface area contributed by atoms with E-state index in [0.29, 0.717) is 30.4 Å². The second kappa shape index (κ2) is 4.98. The molecule has 7 nitrogen and oxygen atoms in total. The van der Waals surface area contributed by atoms with E-state index in [2.05, 4.69) is 16.2 Å². The zero-order valence-corrected chi connectivity index (χ0v) is 12.1. The van der Waals surface area contributed by atoms with E-state index in [9.17, 15) is 4.79 Å². The van der Waals surface area contributed by atoms with Crippen LogP contribution in [0.3, 0.4) is 0 Å². The molecule has 1 aliphatic carbocycles. The molecule has 0 amide bonds. The highest BCUT2D eigenvalue weighted by Gasteiger charge is 2.32. The lowest BCUT2D eigenvalue weighted by Crippen LogP contribution is -2.50. The molecule has 0 radical (unpaired) electrons. The van der Waals surface area contributed by atoms with Gasteiger partial charge in [-0.15, -0.1) is 0 Å². The summed E-state index contributed by atoms with van der Waals surface area (Å²) in [4.78, 5) is 18.7. The largest absolute Gasteiger partial charge is 0.348 e. The number of aromatic nitrogens is 4. The Bertz CT molecular complexity index is 791. The Hall–Kier alpha value is -2.62. The van der Waals surface area contributed by atoms with Crippen molar-refractivity contribution in [1.29, 1.82) is 5.26 Å². The van der Waals surface area contributed by atoms with Gasteiger partial charge in [0.25, 0.3) is 5.56 Å². The van der Waals surface area contributed by atoms with Crippen LogP contribution in [0.2, 0.25) is 0 Å². The summed E-state index contributed by atoms with van der Waals surface area (Å²) in [7, 11) is 0. The SMILES string of the molecule is N#Cc1cnn(C2CN(c3nccn(CC4CC4)c3=O)C2)c1. The van der Waals surface area contributed by atoms with Gasteiger partial charge in [0, 0.05) is 38.2 Å². The quantitative estimate of drug-likeness (QED) is 0.833. The molecule has 0 aromatic carbocycles. The van der Waals surface area contributed by atoms with Crippen molar-refractivity contribution in [2.45, 2.75) is 25.4 Å². The first-order chi connectivity index (χ1) is 10.7. The maximum Gasteiger partial charge on any atom is 0.293 e. The summed E-state index contributed by atoms with van der Waals surface area (Å²) in [5, 5.41) is 13.0. The molecule has 2 aromatic rings. The smallest absolute Gasteiger partial charge is 0.293 e. The fraction of sp³-hybridized carbons (Fsp3) is 0.467. The molecule has 1 saturated carbocycles. The lowest BCUT2D eigenvalue weighted by atomic mass is 10.1. The van der Waals surface area contributed by atoms with Crippen LogP contribution in [-0.4, -0.2) is 32.4 Å². The third-order valence-electron chi connectivity index (χ3n) is 4.31. The monoisotopic (exact) mass is 296 g/mol. The molecule has 0 bridgehead atoms. The van der Waals surface area contributed by atoms with Crippen LogP contribution in [-0.2, 0) is 6.54 Å². The molecular weight excluding hydrogens is 280 g/mol. The molecule has 2 fully saturated rings. The molecule has 7 heteroatoms. The predicted molar refractivity (Wildman–Crippen MR) is 79.4 cm³/mol. The summed E-state index contributed by atoms with van der Waals surface area (Å²) in [6.07, 6.45) is 9.22. The molecule has 0 N–H and O–H groups in total. The molecule has 0 spiro atoms. The van der Waals surface area contributed by atoms with Crippen LogP contribution >= 0.6 is 0 Å². The van der Waals surface area contributed by atoms with E-state index in [4.69, 9.17) is 5.26 Å². The lowest BCUT2D eigenvalue weighted by Gasteiger charge is -2.39. The van der Waals surface area contributed by atoms with Crippen LogP contribution < -0.4 is 10.5 Å². The van der Waals surface area contributed by atoms with E-state index < -0.39 is 0 Å². The van der Waals surface area contributed by atoms with Gasteiger partial charge in [-0.2, -0.15) is 10.4 Å². The van der Waals surface area contributed by atoms with E-state index in [1.165, 1.54) is 12.8 Å². The second-order valence-electron chi connectivity index (χ2n) is 6.03. The number of anilines is 1. The highest BCUT2D eigenvalue weighted by molar-refractivity contribution is 5.40. The zero-order chi connectivity index (χ0) is 15.1. The summed E-state index contributed by atoms with van der Waals surface area (Å²) >= 11 is 0. The van der Waals surface area contributed by atoms with E-state index in [-0.39, 0.29) is 11.6 Å². The van der Waals surface area contributed by atoms with Crippen molar-refractivity contribution in [3.63, 3.8) is 0 Å². The van der Waals surface area contributed by atoms with Crippen molar-refractivity contribution in [1.82, 2.24) is 19.3 Å². The minimum Gasteiger partial charge on any atom is -0.348 e. The standard InChI is InChI=1S/C15H16N6O/c16-5-12-6-18-21(8-12)13-9-20(10-13)14-15(22)19(4-3-17-14)7-11-1-2-11/h3-4,6,8,11,13H,1-2,7,9-10H2. The number of hydrogen-bond acceptors (Lipinski definition) is 5. The second-order valence-corrected chi connectivity index (χ2v) is 6.03. The Morgan fingerprint density at radius 3 is 2.86 bits per heavy atom. The van der Waals surface area contributed by atoms with Crippen LogP contribution in [0.5, 0.6) is 0 Å². The van der Waals surface area contributed by atoms with Crippen molar-refractivity contribution in [3.8, 4) is 6.07 Å². The molecule has 22 heavy (non-hydrogen) atoms. The fourth-order valence-corrected chi connectivity index (χ4v) is 2.77. The Labute approximate surface area is 127 Å². The Morgan fingerprint density at radius 1 is 1.36 bits per heavy atom. The number of nitrogens with zero attached hydrogens (tertiary/aromatic N) is 6. The Balaban J connectivity index is 1.48. The zero-order valence-electron chi connectivity index (χ0n) is 12.1. The predicted octanol–water partition coefficient (Wildman–Crippen LogP) is 0.783. The molecule has 1 aliphatic heterocycles. The minimum atomic E-state index is -0.00831. The third kappa shape index (κ3) is 2.26. The van der Waals surface area contributed by atoms with Crippen molar-refractivity contribution in [2.75, 3.05) is 18.0 Å². The molecule has 2 aliphatic rings. The molecule has 112 valence electrons. The maximum absolute atomic E-state index is 12.5. The maximum atomic E-state index is 12.5. The van der Waals surface area contributed by atoms with Gasteiger partial charge in [-0.25, -0.2) is 4.98 Å². The molecule has 3 heterocycles. The lowest BCUT2D eigenvalue weighted by molar-refractivity contribution is 0.364. The first-order valence-corrected chi connectivity index (χ1v) is 7.49. The van der Waals surface area contributed by atoms with Crippen LogP contribution in [0.4, 0.5) is 5.82 Å². The van der Waals surface area contributed by atoms with Gasteiger partial charge >= 0.3 is 0 Å². The highest BCUT2D eigenvalue weighted by atomic mass is 16.1. The van der Waals surface area contributed by atoms with Crippen LogP contribution in [0, 0.1) is 17.2 Å². The molecule has 1 saturated heterocycles. The van der Waals surface area contributed by atoms with Crippen molar-refractivity contribution >= 4 is 5.82 Å². The molecule has 2 aromatic heterocycles. The van der Waals surface area contributed by atoms with Crippen molar-refractivity contribution in [2.24, 2.45) is 5.92 Å². The van der Waals surface area contributed by atoms with E-state index in [1.807, 2.05) is 4.90 Å². The van der Waals surface area contributed by atoms with Gasteiger partial charge in [0.15, 0.2) is 5.82 Å². The van der Waals surface area contributed by atoms with Crippen molar-refractivity contribution in [3.05, 3.63) is 40.7 Å². The van der Waals surface area contributed by atoms with Crippen molar-refractivity contribution < 1.29 is 0 Å². The Kier molecular flexibility index (Phi) is 2.96. The Morgan fingerprint density at radius 2 is 2.18 bits per heavy atom. The summed E-state index contributed by atoms with van der Waals surface area (Å²) in [5.41, 5.74) is 0.550. The van der Waals surface area contributed by atoms with Crippen LogP contribution in [0.15, 0.2) is 29.6 Å². The van der Waals surface area contributed by atoms with E-state index >= 15 is 0 Å². The van der Waals surface area contributed by atoms with Gasteiger partial charge in [-0.05, 0) is 18.8 Å². The third-order valence-corrected chi connectivity index (χ3v) is 4.31. The minimum absolute atomic E-state index is 0.00831. The fourth-order valence-electron chi connectivity index (χ4n) is 2.77. The first kappa shape index (κ1) is 13.1. The summed E-state index contributed by atoms with van der Waals surface area (Å²) in [6, 6.07) is 2.27. The van der Waals surface area contributed by atoms with Gasteiger partial charge < -0.3 is 9.47 Å². The summed E-state index contributed by atoms with van der Waals surface area (Å²) < 4.78 is 3.57. The van der Waals surface area contributed by atoms with Crippen LogP contribution in [0.1, 0.15) is 24.4 Å². The number of hydrogen-bond donors (Lipinski definition) is 0.